The first-order valence-corrected chi connectivity index (χ1v) is 7.20. The van der Waals surface area contributed by atoms with E-state index in [1.807, 2.05) is 0 Å². The van der Waals surface area contributed by atoms with Crippen molar-refractivity contribution in [2.45, 2.75) is 30.5 Å². The number of rotatable bonds is 1. The maximum atomic E-state index is 5.55. The van der Waals surface area contributed by atoms with E-state index < -0.39 is 0 Å². The molecule has 0 saturated carbocycles. The molecule has 0 radical (unpaired) electrons. The molecule has 94 valence electrons. The Kier molecular flexibility index (Phi) is 2.67. The van der Waals surface area contributed by atoms with Gasteiger partial charge in [-0.15, -0.1) is 0 Å². The lowest BCUT2D eigenvalue weighted by Crippen LogP contribution is -2.12. The van der Waals surface area contributed by atoms with Gasteiger partial charge in [-0.1, -0.05) is 54.0 Å². The normalized spacial score (nSPS) is 21.0. The molecule has 1 nitrogen and oxygen atoms in total. The molecule has 0 aromatic heterocycles. The first-order chi connectivity index (χ1) is 8.54. The van der Waals surface area contributed by atoms with Gasteiger partial charge >= 0.3 is 0 Å². The smallest absolute Gasteiger partial charge is 0.127 e. The average molecular weight is 305 g/mol. The summed E-state index contributed by atoms with van der Waals surface area (Å²) in [4.78, 5) is 0.431. The molecule has 0 heterocycles. The number of alkyl halides is 1. The summed E-state index contributed by atoms with van der Waals surface area (Å²) in [5.74, 6) is 0.978. The Hall–Kier alpha value is -1.02. The number of benzene rings is 2. The minimum absolute atomic E-state index is 0.218. The van der Waals surface area contributed by atoms with Gasteiger partial charge in [0, 0.05) is 10.2 Å². The van der Waals surface area contributed by atoms with Crippen LogP contribution in [0.4, 0.5) is 0 Å². The monoisotopic (exact) mass is 304 g/mol. The van der Waals surface area contributed by atoms with Crippen LogP contribution >= 0.6 is 15.9 Å². The molecule has 18 heavy (non-hydrogen) atoms. The summed E-state index contributed by atoms with van der Waals surface area (Å²) in [6, 6.07) is 10.7. The first kappa shape index (κ1) is 12.0. The predicted molar refractivity (Wildman–Crippen MR) is 79.8 cm³/mol. The van der Waals surface area contributed by atoms with Crippen molar-refractivity contribution < 1.29 is 4.74 Å². The van der Waals surface area contributed by atoms with Crippen molar-refractivity contribution in [2.24, 2.45) is 0 Å². The maximum absolute atomic E-state index is 5.55. The fraction of sp³-hybridized carbons (Fsp3) is 0.375. The second-order valence-electron chi connectivity index (χ2n) is 5.64. The summed E-state index contributed by atoms with van der Waals surface area (Å²) in [7, 11) is 1.75. The van der Waals surface area contributed by atoms with Crippen molar-refractivity contribution in [1.29, 1.82) is 0 Å². The van der Waals surface area contributed by atoms with Crippen molar-refractivity contribution in [2.75, 3.05) is 7.11 Å². The topological polar surface area (TPSA) is 9.23 Å². The third-order valence-electron chi connectivity index (χ3n) is 3.96. The number of hydrogen-bond acceptors (Lipinski definition) is 1. The SMILES string of the molecule is COc1cc2c(c3ccccc13)C(C)(C)CC2Br. The molecule has 0 bridgehead atoms. The number of halogens is 1. The van der Waals surface area contributed by atoms with Crippen LogP contribution in [-0.4, -0.2) is 7.11 Å². The molecule has 0 saturated heterocycles. The Morgan fingerprint density at radius 3 is 2.56 bits per heavy atom. The van der Waals surface area contributed by atoms with Crippen molar-refractivity contribution in [1.82, 2.24) is 0 Å². The average Bonchev–Trinajstić information content (AvgIpc) is 2.58. The van der Waals surface area contributed by atoms with E-state index in [1.54, 1.807) is 7.11 Å². The Labute approximate surface area is 116 Å². The van der Waals surface area contributed by atoms with E-state index in [1.165, 1.54) is 21.9 Å². The molecule has 2 aromatic carbocycles. The van der Waals surface area contributed by atoms with Gasteiger partial charge in [0.05, 0.1) is 7.11 Å². The fourth-order valence-electron chi connectivity index (χ4n) is 3.19. The van der Waals surface area contributed by atoms with Crippen LogP contribution in [0, 0.1) is 0 Å². The summed E-state index contributed by atoms with van der Waals surface area (Å²) < 4.78 is 5.55. The number of hydrogen-bond donors (Lipinski definition) is 0. The Morgan fingerprint density at radius 2 is 1.89 bits per heavy atom. The van der Waals surface area contributed by atoms with Gasteiger partial charge in [0.1, 0.15) is 5.75 Å². The van der Waals surface area contributed by atoms with E-state index in [9.17, 15) is 0 Å². The Morgan fingerprint density at radius 1 is 1.22 bits per heavy atom. The lowest BCUT2D eigenvalue weighted by molar-refractivity contribution is 0.419. The molecule has 2 heteroatoms. The molecule has 3 rings (SSSR count). The van der Waals surface area contributed by atoms with Gasteiger partial charge in [0.25, 0.3) is 0 Å². The Bertz CT molecular complexity index is 616. The molecule has 1 aliphatic rings. The second-order valence-corrected chi connectivity index (χ2v) is 6.75. The minimum Gasteiger partial charge on any atom is -0.496 e. The first-order valence-electron chi connectivity index (χ1n) is 6.29. The third kappa shape index (κ3) is 1.58. The lowest BCUT2D eigenvalue weighted by Gasteiger charge is -2.21. The van der Waals surface area contributed by atoms with Gasteiger partial charge in [-0.3, -0.25) is 0 Å². The summed E-state index contributed by atoms with van der Waals surface area (Å²) in [5.41, 5.74) is 3.08. The van der Waals surface area contributed by atoms with Gasteiger partial charge in [-0.2, -0.15) is 0 Å². The van der Waals surface area contributed by atoms with E-state index in [0.29, 0.717) is 4.83 Å². The molecule has 2 aromatic rings. The van der Waals surface area contributed by atoms with Gasteiger partial charge < -0.3 is 4.74 Å². The van der Waals surface area contributed by atoms with Crippen molar-refractivity contribution >= 4 is 26.7 Å². The van der Waals surface area contributed by atoms with E-state index in [0.717, 1.165) is 12.2 Å². The molecule has 0 aliphatic heterocycles. The van der Waals surface area contributed by atoms with Crippen molar-refractivity contribution in [3.63, 3.8) is 0 Å². The molecule has 1 unspecified atom stereocenters. The molecular weight excluding hydrogens is 288 g/mol. The number of fused-ring (bicyclic) bond motifs is 3. The van der Waals surface area contributed by atoms with Crippen molar-refractivity contribution in [3.05, 3.63) is 41.5 Å². The zero-order valence-electron chi connectivity index (χ0n) is 11.0. The molecular formula is C16H17BrO. The van der Waals surface area contributed by atoms with Crippen molar-refractivity contribution in [3.8, 4) is 5.75 Å². The van der Waals surface area contributed by atoms with Crippen LogP contribution in [0.3, 0.4) is 0 Å². The van der Waals surface area contributed by atoms with Gasteiger partial charge in [-0.25, -0.2) is 0 Å². The molecule has 0 fully saturated rings. The predicted octanol–water partition coefficient (Wildman–Crippen LogP) is 4.97. The molecule has 0 amide bonds. The molecule has 1 atom stereocenters. The van der Waals surface area contributed by atoms with Crippen LogP contribution in [0.15, 0.2) is 30.3 Å². The van der Waals surface area contributed by atoms with Crippen LogP contribution in [0.5, 0.6) is 5.75 Å². The maximum Gasteiger partial charge on any atom is 0.127 e. The standard InChI is InChI=1S/C16H17BrO/c1-16(2)9-13(17)12-8-14(18-3)10-6-4-5-7-11(10)15(12)16/h4-8,13H,9H2,1-3H3. The summed E-state index contributed by atoms with van der Waals surface area (Å²) in [5, 5.41) is 2.55. The summed E-state index contributed by atoms with van der Waals surface area (Å²) in [6.45, 7) is 4.65. The number of ether oxygens (including phenoxy) is 1. The molecule has 0 N–H and O–H groups in total. The zero-order valence-corrected chi connectivity index (χ0v) is 12.5. The van der Waals surface area contributed by atoms with Crippen LogP contribution < -0.4 is 4.74 Å². The highest BCUT2D eigenvalue weighted by molar-refractivity contribution is 9.09. The summed E-state index contributed by atoms with van der Waals surface area (Å²) in [6.07, 6.45) is 1.14. The fourth-order valence-corrected chi connectivity index (χ4v) is 4.36. The van der Waals surface area contributed by atoms with E-state index in [2.05, 4.69) is 60.1 Å². The summed E-state index contributed by atoms with van der Waals surface area (Å²) >= 11 is 3.81. The number of methoxy groups -OCH3 is 1. The Balaban J connectivity index is 2.44. The van der Waals surface area contributed by atoms with Crippen LogP contribution in [0.1, 0.15) is 36.2 Å². The van der Waals surface area contributed by atoms with Crippen LogP contribution in [0.25, 0.3) is 10.8 Å². The van der Waals surface area contributed by atoms with Gasteiger partial charge in [0.15, 0.2) is 0 Å². The van der Waals surface area contributed by atoms with E-state index in [4.69, 9.17) is 4.74 Å². The second kappa shape index (κ2) is 3.99. The highest BCUT2D eigenvalue weighted by Crippen LogP contribution is 2.52. The highest BCUT2D eigenvalue weighted by Gasteiger charge is 2.37. The minimum atomic E-state index is 0.218. The largest absolute Gasteiger partial charge is 0.496 e. The van der Waals surface area contributed by atoms with E-state index >= 15 is 0 Å². The van der Waals surface area contributed by atoms with Gasteiger partial charge in [-0.05, 0) is 34.4 Å². The molecule has 1 aliphatic carbocycles. The zero-order chi connectivity index (χ0) is 12.9. The van der Waals surface area contributed by atoms with Crippen LogP contribution in [-0.2, 0) is 5.41 Å². The van der Waals surface area contributed by atoms with Crippen LogP contribution in [0.2, 0.25) is 0 Å². The quantitative estimate of drug-likeness (QED) is 0.676. The molecule has 0 spiro atoms. The highest BCUT2D eigenvalue weighted by atomic mass is 79.9. The third-order valence-corrected chi connectivity index (χ3v) is 4.78. The van der Waals surface area contributed by atoms with E-state index in [-0.39, 0.29) is 5.41 Å². The lowest BCUT2D eigenvalue weighted by atomic mass is 9.83. The van der Waals surface area contributed by atoms with Gasteiger partial charge in [0.2, 0.25) is 0 Å².